The Morgan fingerprint density at radius 3 is 2.47 bits per heavy atom. The van der Waals surface area contributed by atoms with E-state index in [0.29, 0.717) is 30.3 Å². The Labute approximate surface area is 115 Å². The topological polar surface area (TPSA) is 47.6 Å². The van der Waals surface area contributed by atoms with Crippen molar-refractivity contribution in [2.45, 2.75) is 13.8 Å². The standard InChI is InChI=1S/C12H16INO3/c1-4-16-10-7-8(12(15)14-3)6-9(13)11(10)17-5-2/h6-7H,4-5H2,1-3H3,(H,14,15). The Bertz CT molecular complexity index is 407. The average Bonchev–Trinajstić information content (AvgIpc) is 2.32. The van der Waals surface area contributed by atoms with Crippen molar-refractivity contribution in [1.29, 1.82) is 0 Å². The molecule has 0 saturated heterocycles. The molecule has 0 atom stereocenters. The van der Waals surface area contributed by atoms with Gasteiger partial charge in [0.15, 0.2) is 11.5 Å². The molecule has 1 amide bonds. The largest absolute Gasteiger partial charge is 0.490 e. The van der Waals surface area contributed by atoms with Crippen molar-refractivity contribution in [3.63, 3.8) is 0 Å². The number of carbonyl (C=O) groups excluding carboxylic acids is 1. The molecule has 1 aromatic carbocycles. The molecule has 0 fully saturated rings. The Morgan fingerprint density at radius 2 is 1.94 bits per heavy atom. The monoisotopic (exact) mass is 349 g/mol. The number of rotatable bonds is 5. The van der Waals surface area contributed by atoms with Crippen molar-refractivity contribution in [2.24, 2.45) is 0 Å². The van der Waals surface area contributed by atoms with E-state index in [9.17, 15) is 4.79 Å². The van der Waals surface area contributed by atoms with Crippen LogP contribution in [-0.2, 0) is 0 Å². The molecule has 0 saturated carbocycles. The fourth-order valence-corrected chi connectivity index (χ4v) is 2.15. The first kappa shape index (κ1) is 14.1. The van der Waals surface area contributed by atoms with Crippen LogP contribution in [-0.4, -0.2) is 26.2 Å². The highest BCUT2D eigenvalue weighted by Crippen LogP contribution is 2.34. The molecular formula is C12H16INO3. The summed E-state index contributed by atoms with van der Waals surface area (Å²) < 4.78 is 11.9. The van der Waals surface area contributed by atoms with Gasteiger partial charge < -0.3 is 14.8 Å². The Kier molecular flexibility index (Phi) is 5.54. The van der Waals surface area contributed by atoms with E-state index in [1.807, 2.05) is 13.8 Å². The molecule has 0 bridgehead atoms. The number of hydrogen-bond acceptors (Lipinski definition) is 3. The summed E-state index contributed by atoms with van der Waals surface area (Å²) in [5.74, 6) is 1.18. The van der Waals surface area contributed by atoms with Crippen LogP contribution in [0.4, 0.5) is 0 Å². The highest BCUT2D eigenvalue weighted by atomic mass is 127. The van der Waals surface area contributed by atoms with Crippen molar-refractivity contribution < 1.29 is 14.3 Å². The first-order chi connectivity index (χ1) is 8.13. The maximum atomic E-state index is 11.6. The lowest BCUT2D eigenvalue weighted by atomic mass is 10.2. The fourth-order valence-electron chi connectivity index (χ4n) is 1.39. The summed E-state index contributed by atoms with van der Waals surface area (Å²) >= 11 is 2.14. The summed E-state index contributed by atoms with van der Waals surface area (Å²) in [7, 11) is 1.60. The molecule has 17 heavy (non-hydrogen) atoms. The van der Waals surface area contributed by atoms with Gasteiger partial charge in [0.05, 0.1) is 16.8 Å². The third kappa shape index (κ3) is 3.49. The normalized spacial score (nSPS) is 9.88. The SMILES string of the molecule is CCOc1cc(C(=O)NC)cc(I)c1OCC. The molecule has 0 aliphatic heterocycles. The molecule has 5 heteroatoms. The van der Waals surface area contributed by atoms with E-state index in [0.717, 1.165) is 3.57 Å². The van der Waals surface area contributed by atoms with E-state index in [-0.39, 0.29) is 5.91 Å². The minimum absolute atomic E-state index is 0.132. The van der Waals surface area contributed by atoms with Crippen molar-refractivity contribution in [3.05, 3.63) is 21.3 Å². The van der Waals surface area contributed by atoms with Crippen LogP contribution in [0, 0.1) is 3.57 Å². The predicted octanol–water partition coefficient (Wildman–Crippen LogP) is 2.45. The van der Waals surface area contributed by atoms with E-state index in [1.165, 1.54) is 0 Å². The zero-order valence-electron chi connectivity index (χ0n) is 10.2. The van der Waals surface area contributed by atoms with Crippen LogP contribution in [0.25, 0.3) is 0 Å². The first-order valence-corrected chi connectivity index (χ1v) is 6.53. The van der Waals surface area contributed by atoms with Gasteiger partial charge in [0, 0.05) is 12.6 Å². The number of nitrogens with one attached hydrogen (secondary N) is 1. The summed E-state index contributed by atoms with van der Waals surface area (Å²) in [5.41, 5.74) is 0.573. The Hall–Kier alpha value is -0.980. The summed E-state index contributed by atoms with van der Waals surface area (Å²) in [6, 6.07) is 3.49. The van der Waals surface area contributed by atoms with Gasteiger partial charge in [-0.05, 0) is 48.6 Å². The zero-order chi connectivity index (χ0) is 12.8. The van der Waals surface area contributed by atoms with E-state index in [2.05, 4.69) is 27.9 Å². The molecule has 0 radical (unpaired) electrons. The smallest absolute Gasteiger partial charge is 0.251 e. The average molecular weight is 349 g/mol. The van der Waals surface area contributed by atoms with Crippen LogP contribution >= 0.6 is 22.6 Å². The predicted molar refractivity (Wildman–Crippen MR) is 74.9 cm³/mol. The van der Waals surface area contributed by atoms with Crippen molar-refractivity contribution in [2.75, 3.05) is 20.3 Å². The molecule has 1 rings (SSSR count). The number of benzene rings is 1. The second kappa shape index (κ2) is 6.68. The van der Waals surface area contributed by atoms with E-state index in [4.69, 9.17) is 9.47 Å². The molecule has 0 aliphatic rings. The number of halogens is 1. The molecular weight excluding hydrogens is 333 g/mol. The summed E-state index contributed by atoms with van der Waals surface area (Å²) in [6.45, 7) is 4.91. The maximum Gasteiger partial charge on any atom is 0.251 e. The lowest BCUT2D eigenvalue weighted by Crippen LogP contribution is -2.18. The van der Waals surface area contributed by atoms with Crippen LogP contribution < -0.4 is 14.8 Å². The van der Waals surface area contributed by atoms with Crippen molar-refractivity contribution in [3.8, 4) is 11.5 Å². The van der Waals surface area contributed by atoms with Gasteiger partial charge in [-0.25, -0.2) is 0 Å². The minimum atomic E-state index is -0.132. The molecule has 4 nitrogen and oxygen atoms in total. The molecule has 1 N–H and O–H groups in total. The first-order valence-electron chi connectivity index (χ1n) is 5.45. The van der Waals surface area contributed by atoms with Gasteiger partial charge in [0.1, 0.15) is 0 Å². The van der Waals surface area contributed by atoms with Crippen LogP contribution in [0.1, 0.15) is 24.2 Å². The molecule has 0 unspecified atom stereocenters. The molecule has 94 valence electrons. The van der Waals surface area contributed by atoms with Gasteiger partial charge in [0.2, 0.25) is 0 Å². The van der Waals surface area contributed by atoms with Gasteiger partial charge in [-0.2, -0.15) is 0 Å². The number of hydrogen-bond donors (Lipinski definition) is 1. The zero-order valence-corrected chi connectivity index (χ0v) is 12.3. The molecule has 0 aromatic heterocycles. The molecule has 0 aliphatic carbocycles. The van der Waals surface area contributed by atoms with Crippen molar-refractivity contribution in [1.82, 2.24) is 5.32 Å². The maximum absolute atomic E-state index is 11.6. The van der Waals surface area contributed by atoms with Crippen LogP contribution in [0.5, 0.6) is 11.5 Å². The third-order valence-corrected chi connectivity index (χ3v) is 2.89. The van der Waals surface area contributed by atoms with Gasteiger partial charge in [-0.15, -0.1) is 0 Å². The highest BCUT2D eigenvalue weighted by Gasteiger charge is 2.14. The molecule has 0 heterocycles. The second-order valence-corrected chi connectivity index (χ2v) is 4.39. The van der Waals surface area contributed by atoms with Gasteiger partial charge in [-0.3, -0.25) is 4.79 Å². The number of carbonyl (C=O) groups is 1. The van der Waals surface area contributed by atoms with Crippen LogP contribution in [0.15, 0.2) is 12.1 Å². The van der Waals surface area contributed by atoms with E-state index in [1.54, 1.807) is 19.2 Å². The van der Waals surface area contributed by atoms with E-state index < -0.39 is 0 Å². The quantitative estimate of drug-likeness (QED) is 0.831. The minimum Gasteiger partial charge on any atom is -0.490 e. The summed E-state index contributed by atoms with van der Waals surface area (Å²) in [5, 5.41) is 2.59. The molecule has 0 spiro atoms. The van der Waals surface area contributed by atoms with Gasteiger partial charge in [-0.1, -0.05) is 0 Å². The lowest BCUT2D eigenvalue weighted by Gasteiger charge is -2.14. The van der Waals surface area contributed by atoms with E-state index >= 15 is 0 Å². The Balaban J connectivity index is 3.19. The highest BCUT2D eigenvalue weighted by molar-refractivity contribution is 14.1. The third-order valence-electron chi connectivity index (χ3n) is 2.09. The molecule has 1 aromatic rings. The fraction of sp³-hybridized carbons (Fsp3) is 0.417. The number of amides is 1. The Morgan fingerprint density at radius 1 is 1.29 bits per heavy atom. The second-order valence-electron chi connectivity index (χ2n) is 3.23. The summed E-state index contributed by atoms with van der Waals surface area (Å²) in [6.07, 6.45) is 0. The summed E-state index contributed by atoms with van der Waals surface area (Å²) in [4.78, 5) is 11.6. The lowest BCUT2D eigenvalue weighted by molar-refractivity contribution is 0.0962. The van der Waals surface area contributed by atoms with Crippen LogP contribution in [0.2, 0.25) is 0 Å². The number of ether oxygens (including phenoxy) is 2. The van der Waals surface area contributed by atoms with Crippen molar-refractivity contribution >= 4 is 28.5 Å². The van der Waals surface area contributed by atoms with Gasteiger partial charge in [0.25, 0.3) is 5.91 Å². The van der Waals surface area contributed by atoms with Gasteiger partial charge >= 0.3 is 0 Å². The van der Waals surface area contributed by atoms with Crippen LogP contribution in [0.3, 0.4) is 0 Å².